The fourth-order valence-electron chi connectivity index (χ4n) is 9.07. The third-order valence-corrected chi connectivity index (χ3v) is 11.7. The van der Waals surface area contributed by atoms with Crippen LogP contribution in [0.1, 0.15) is 33.4 Å². The van der Waals surface area contributed by atoms with Gasteiger partial charge in [0.25, 0.3) is 0 Å². The number of nitrogens with zero attached hydrogens (tertiary/aromatic N) is 1. The van der Waals surface area contributed by atoms with E-state index >= 15 is 0 Å². The van der Waals surface area contributed by atoms with Gasteiger partial charge >= 0.3 is 0 Å². The molecule has 0 radical (unpaired) electrons. The Bertz CT molecular complexity index is 2720. The average Bonchev–Trinajstić information content (AvgIpc) is 3.73. The van der Waals surface area contributed by atoms with E-state index in [1.807, 2.05) is 0 Å². The van der Waals surface area contributed by atoms with Crippen molar-refractivity contribution in [3.8, 4) is 22.3 Å². The summed E-state index contributed by atoms with van der Waals surface area (Å²) in [7, 11) is 0. The average molecular weight is 707 g/mol. The van der Waals surface area contributed by atoms with E-state index in [0.29, 0.717) is 0 Å². The first kappa shape index (κ1) is 33.0. The van der Waals surface area contributed by atoms with Crippen LogP contribution in [0.4, 0.5) is 17.1 Å². The normalized spacial score (nSPS) is 12.8. The van der Waals surface area contributed by atoms with Gasteiger partial charge in [0.1, 0.15) is 0 Å². The molecule has 2 nitrogen and oxygen atoms in total. The third kappa shape index (κ3) is 5.73. The maximum absolute atomic E-state index is 3.78. The minimum atomic E-state index is -0.333. The molecule has 1 aliphatic carbocycles. The van der Waals surface area contributed by atoms with Crippen molar-refractivity contribution in [3.63, 3.8) is 0 Å². The summed E-state index contributed by atoms with van der Waals surface area (Å²) in [5.41, 5.74) is 18.5. The van der Waals surface area contributed by atoms with Crippen LogP contribution in [0.3, 0.4) is 0 Å². The van der Waals surface area contributed by atoms with Gasteiger partial charge in [-0.05, 0) is 114 Å². The van der Waals surface area contributed by atoms with Crippen molar-refractivity contribution in [3.05, 3.63) is 221 Å². The third-order valence-electron chi connectivity index (χ3n) is 11.7. The van der Waals surface area contributed by atoms with Gasteiger partial charge in [0.05, 0.1) is 5.52 Å². The maximum atomic E-state index is 3.78. The first-order valence-electron chi connectivity index (χ1n) is 19.3. The van der Waals surface area contributed by atoms with Crippen LogP contribution in [0, 0.1) is 13.8 Å². The quantitative estimate of drug-likeness (QED) is 0.167. The van der Waals surface area contributed by atoms with E-state index in [9.17, 15) is 0 Å². The lowest BCUT2D eigenvalue weighted by atomic mass is 9.69. The van der Waals surface area contributed by atoms with Crippen LogP contribution in [0.2, 0.25) is 0 Å². The monoisotopic (exact) mass is 706 g/mol. The molecule has 0 unspecified atom stereocenters. The highest BCUT2D eigenvalue weighted by molar-refractivity contribution is 6.12. The van der Waals surface area contributed by atoms with Gasteiger partial charge in [-0.3, -0.25) is 0 Å². The number of H-pyrrole nitrogens is 1. The fourth-order valence-corrected chi connectivity index (χ4v) is 9.07. The molecule has 2 heteroatoms. The molecule has 0 spiro atoms. The van der Waals surface area contributed by atoms with Gasteiger partial charge in [0.15, 0.2) is 0 Å². The lowest BCUT2D eigenvalue weighted by Crippen LogP contribution is -2.31. The predicted octanol–water partition coefficient (Wildman–Crippen LogP) is 13.8. The molecule has 10 rings (SSSR count). The number of aryl methyl sites for hydroxylation is 2. The molecule has 264 valence electrons. The van der Waals surface area contributed by atoms with Crippen LogP contribution in [0.25, 0.3) is 44.1 Å². The van der Waals surface area contributed by atoms with Gasteiger partial charge in [0, 0.05) is 44.3 Å². The second-order valence-electron chi connectivity index (χ2n) is 15.3. The summed E-state index contributed by atoms with van der Waals surface area (Å²) in [4.78, 5) is 6.20. The molecule has 55 heavy (non-hydrogen) atoms. The number of rotatable bonds is 8. The number of para-hydroxylation sites is 2. The van der Waals surface area contributed by atoms with Crippen LogP contribution in [-0.2, 0) is 18.3 Å². The van der Waals surface area contributed by atoms with Crippen molar-refractivity contribution >= 4 is 38.9 Å². The summed E-state index contributed by atoms with van der Waals surface area (Å²) in [6, 6.07) is 69.8. The number of hydrogen-bond acceptors (Lipinski definition) is 1. The first-order chi connectivity index (χ1) is 27.0. The summed E-state index contributed by atoms with van der Waals surface area (Å²) in [5.74, 6) is 0. The van der Waals surface area contributed by atoms with Crippen LogP contribution in [0.5, 0.6) is 0 Å². The molecule has 9 aromatic rings. The van der Waals surface area contributed by atoms with Crippen molar-refractivity contribution in [2.45, 2.75) is 32.1 Å². The SMILES string of the molecule is Cc1ccc(N(c2ccc(C)cc2)c2ccc3c(c2)C(Cc2ccccc2)(Cc2ccccc2)c2cc(-c4cccc5c4[nH]c4ccccc45)ccc2-3)cc1. The Morgan fingerprint density at radius 2 is 0.964 bits per heavy atom. The van der Waals surface area contributed by atoms with E-state index in [4.69, 9.17) is 0 Å². The zero-order chi connectivity index (χ0) is 36.9. The van der Waals surface area contributed by atoms with E-state index in [2.05, 4.69) is 212 Å². The van der Waals surface area contributed by atoms with E-state index in [1.54, 1.807) is 0 Å². The first-order valence-corrected chi connectivity index (χ1v) is 19.3. The molecule has 1 N–H and O–H groups in total. The Kier molecular flexibility index (Phi) is 7.99. The molecule has 0 saturated carbocycles. The van der Waals surface area contributed by atoms with Crippen LogP contribution in [0.15, 0.2) is 188 Å². The van der Waals surface area contributed by atoms with Crippen LogP contribution >= 0.6 is 0 Å². The molecule has 0 fully saturated rings. The summed E-state index contributed by atoms with van der Waals surface area (Å²) >= 11 is 0. The van der Waals surface area contributed by atoms with Gasteiger partial charge in [0.2, 0.25) is 0 Å². The van der Waals surface area contributed by atoms with E-state index in [1.165, 1.54) is 77.4 Å². The molecule has 1 heterocycles. The topological polar surface area (TPSA) is 19.0 Å². The van der Waals surface area contributed by atoms with Gasteiger partial charge in [-0.25, -0.2) is 0 Å². The number of hydrogen-bond donors (Lipinski definition) is 1. The lowest BCUT2D eigenvalue weighted by molar-refractivity contribution is 0.520. The Morgan fingerprint density at radius 1 is 0.436 bits per heavy atom. The van der Waals surface area contributed by atoms with Crippen molar-refractivity contribution in [1.29, 1.82) is 0 Å². The number of aromatic amines is 1. The molecule has 0 atom stereocenters. The predicted molar refractivity (Wildman–Crippen MR) is 232 cm³/mol. The maximum Gasteiger partial charge on any atom is 0.0544 e. The van der Waals surface area contributed by atoms with E-state index in [-0.39, 0.29) is 5.41 Å². The van der Waals surface area contributed by atoms with Crippen LogP contribution < -0.4 is 4.90 Å². The van der Waals surface area contributed by atoms with Gasteiger partial charge < -0.3 is 9.88 Å². The summed E-state index contributed by atoms with van der Waals surface area (Å²) in [6.45, 7) is 4.31. The van der Waals surface area contributed by atoms with Crippen LogP contribution in [-0.4, -0.2) is 4.98 Å². The summed E-state index contributed by atoms with van der Waals surface area (Å²) < 4.78 is 0. The van der Waals surface area contributed by atoms with E-state index in [0.717, 1.165) is 29.9 Å². The highest BCUT2D eigenvalue weighted by Gasteiger charge is 2.44. The summed E-state index contributed by atoms with van der Waals surface area (Å²) in [5, 5.41) is 2.52. The fraction of sp³-hybridized carbons (Fsp3) is 0.0943. The number of benzene rings is 8. The Labute approximate surface area is 323 Å². The Balaban J connectivity index is 1.22. The minimum absolute atomic E-state index is 0.333. The van der Waals surface area contributed by atoms with Gasteiger partial charge in [-0.1, -0.05) is 151 Å². The highest BCUT2D eigenvalue weighted by atomic mass is 15.1. The zero-order valence-corrected chi connectivity index (χ0v) is 31.3. The van der Waals surface area contributed by atoms with Crippen molar-refractivity contribution in [2.75, 3.05) is 4.90 Å². The number of fused-ring (bicyclic) bond motifs is 6. The summed E-state index contributed by atoms with van der Waals surface area (Å²) in [6.07, 6.45) is 1.75. The molecule has 1 aromatic heterocycles. The Hall–Kier alpha value is -6.64. The number of nitrogens with one attached hydrogen (secondary N) is 1. The van der Waals surface area contributed by atoms with Gasteiger partial charge in [-0.2, -0.15) is 0 Å². The molecule has 0 aliphatic heterocycles. The van der Waals surface area contributed by atoms with Gasteiger partial charge in [-0.15, -0.1) is 0 Å². The molecule has 8 aromatic carbocycles. The second kappa shape index (κ2) is 13.3. The number of aromatic nitrogens is 1. The van der Waals surface area contributed by atoms with Crippen molar-refractivity contribution < 1.29 is 0 Å². The van der Waals surface area contributed by atoms with E-state index < -0.39 is 0 Å². The molecule has 0 bridgehead atoms. The largest absolute Gasteiger partial charge is 0.354 e. The molecule has 0 amide bonds. The zero-order valence-electron chi connectivity index (χ0n) is 31.3. The lowest BCUT2D eigenvalue weighted by Gasteiger charge is -2.34. The smallest absolute Gasteiger partial charge is 0.0544 e. The minimum Gasteiger partial charge on any atom is -0.354 e. The highest BCUT2D eigenvalue weighted by Crippen LogP contribution is 2.55. The standard InChI is InChI=1S/C53H42N2/c1-36-20-25-41(26-21-36)55(42-27-22-37(2)23-28-42)43-29-31-46-45-30-24-40(44-17-11-18-48-47-16-9-10-19-51(47)54-52(44)48)32-49(45)53(50(46)33-43,34-38-12-5-3-6-13-38)35-39-14-7-4-8-15-39/h3-33,54H,34-35H2,1-2H3. The molecule has 0 saturated heterocycles. The second-order valence-corrected chi connectivity index (χ2v) is 15.3. The van der Waals surface area contributed by atoms with Crippen molar-refractivity contribution in [2.24, 2.45) is 0 Å². The molecular formula is C53H42N2. The molecule has 1 aliphatic rings. The van der Waals surface area contributed by atoms with Crippen molar-refractivity contribution in [1.82, 2.24) is 4.98 Å². The number of anilines is 3. The molecular weight excluding hydrogens is 665 g/mol. The Morgan fingerprint density at radius 3 is 1.60 bits per heavy atom.